The minimum Gasteiger partial charge on any atom is -0.284 e. The van der Waals surface area contributed by atoms with Crippen molar-refractivity contribution >= 4 is 0 Å². The van der Waals surface area contributed by atoms with Crippen molar-refractivity contribution < 1.29 is 0 Å². The predicted octanol–water partition coefficient (Wildman–Crippen LogP) is 3.24. The van der Waals surface area contributed by atoms with Crippen LogP contribution in [-0.4, -0.2) is 14.5 Å². The van der Waals surface area contributed by atoms with Crippen molar-refractivity contribution in [3.8, 4) is 17.2 Å². The number of pyridine rings is 1. The molecule has 0 N–H and O–H groups in total. The van der Waals surface area contributed by atoms with Gasteiger partial charge in [0.05, 0.1) is 0 Å². The lowest BCUT2D eigenvalue weighted by Crippen LogP contribution is -1.99. The Balaban J connectivity index is 2.13. The van der Waals surface area contributed by atoms with E-state index in [4.69, 9.17) is 0 Å². The Kier molecular flexibility index (Phi) is 2.65. The van der Waals surface area contributed by atoms with E-state index in [0.29, 0.717) is 0 Å². The molecular weight excluding hydrogens is 222 g/mol. The van der Waals surface area contributed by atoms with Gasteiger partial charge in [-0.1, -0.05) is 30.3 Å². The minimum absolute atomic E-state index is 0.895. The van der Waals surface area contributed by atoms with Crippen LogP contribution in [0.4, 0.5) is 0 Å². The molecule has 18 heavy (non-hydrogen) atoms. The Morgan fingerprint density at radius 2 is 1.78 bits per heavy atom. The molecule has 0 bridgehead atoms. The highest BCUT2D eigenvalue weighted by molar-refractivity contribution is 5.57. The third-order valence-electron chi connectivity index (χ3n) is 2.82. The molecule has 0 aliphatic carbocycles. The average molecular weight is 235 g/mol. The van der Waals surface area contributed by atoms with E-state index in [1.54, 1.807) is 6.20 Å². The average Bonchev–Trinajstić information content (AvgIpc) is 2.89. The summed E-state index contributed by atoms with van der Waals surface area (Å²) in [6.07, 6.45) is 5.55. The fourth-order valence-corrected chi connectivity index (χ4v) is 1.94. The molecule has 0 spiro atoms. The maximum atomic E-state index is 4.42. The Morgan fingerprint density at radius 1 is 0.944 bits per heavy atom. The number of rotatable bonds is 2. The summed E-state index contributed by atoms with van der Waals surface area (Å²) in [5, 5.41) is 0. The lowest BCUT2D eigenvalue weighted by atomic mass is 10.2. The molecule has 0 aliphatic heterocycles. The van der Waals surface area contributed by atoms with Crippen LogP contribution < -0.4 is 0 Å². The van der Waals surface area contributed by atoms with E-state index in [2.05, 4.69) is 29.0 Å². The van der Waals surface area contributed by atoms with Gasteiger partial charge in [-0.2, -0.15) is 0 Å². The number of hydrogen-bond acceptors (Lipinski definition) is 2. The van der Waals surface area contributed by atoms with Crippen molar-refractivity contribution in [2.45, 2.75) is 6.92 Å². The molecule has 2 aromatic heterocycles. The van der Waals surface area contributed by atoms with E-state index in [1.807, 2.05) is 47.3 Å². The van der Waals surface area contributed by atoms with Crippen LogP contribution in [0.25, 0.3) is 17.2 Å². The van der Waals surface area contributed by atoms with Crippen LogP contribution in [0.15, 0.2) is 61.1 Å². The summed E-state index contributed by atoms with van der Waals surface area (Å²) in [4.78, 5) is 8.81. The lowest BCUT2D eigenvalue weighted by Gasteiger charge is -2.07. The van der Waals surface area contributed by atoms with Crippen molar-refractivity contribution in [2.24, 2.45) is 0 Å². The second-order valence-electron chi connectivity index (χ2n) is 4.18. The molecule has 0 amide bonds. The molecule has 0 unspecified atom stereocenters. The highest BCUT2D eigenvalue weighted by Gasteiger charge is 2.07. The molecule has 0 saturated heterocycles. The van der Waals surface area contributed by atoms with Crippen LogP contribution in [0.3, 0.4) is 0 Å². The molecule has 1 aromatic carbocycles. The summed E-state index contributed by atoms with van der Waals surface area (Å²) >= 11 is 0. The van der Waals surface area contributed by atoms with E-state index in [-0.39, 0.29) is 0 Å². The van der Waals surface area contributed by atoms with Gasteiger partial charge in [0, 0.05) is 24.2 Å². The first-order valence-electron chi connectivity index (χ1n) is 5.86. The summed E-state index contributed by atoms with van der Waals surface area (Å²) in [7, 11) is 0. The molecule has 0 atom stereocenters. The van der Waals surface area contributed by atoms with Gasteiger partial charge in [-0.15, -0.1) is 0 Å². The zero-order valence-electron chi connectivity index (χ0n) is 10.1. The molecule has 0 saturated carbocycles. The topological polar surface area (TPSA) is 30.7 Å². The molecule has 3 nitrogen and oxygen atoms in total. The molecule has 3 aromatic rings. The molecule has 0 fully saturated rings. The van der Waals surface area contributed by atoms with E-state index in [9.17, 15) is 0 Å². The SMILES string of the molecule is Cc1ccnc(-n2ccnc2-c2ccccc2)c1. The van der Waals surface area contributed by atoms with Gasteiger partial charge in [0.2, 0.25) is 0 Å². The fourth-order valence-electron chi connectivity index (χ4n) is 1.94. The summed E-state index contributed by atoms with van der Waals surface area (Å²) in [6.45, 7) is 2.06. The number of aromatic nitrogens is 3. The Bertz CT molecular complexity index is 656. The molecule has 3 heteroatoms. The number of benzene rings is 1. The fraction of sp³-hybridized carbons (Fsp3) is 0.0667. The number of aryl methyl sites for hydroxylation is 1. The van der Waals surface area contributed by atoms with E-state index in [1.165, 1.54) is 5.56 Å². The van der Waals surface area contributed by atoms with E-state index >= 15 is 0 Å². The largest absolute Gasteiger partial charge is 0.284 e. The summed E-state index contributed by atoms with van der Waals surface area (Å²) in [5.41, 5.74) is 2.28. The first-order valence-corrected chi connectivity index (χ1v) is 5.86. The van der Waals surface area contributed by atoms with Crippen LogP contribution >= 0.6 is 0 Å². The first kappa shape index (κ1) is 10.7. The molecule has 88 valence electrons. The highest BCUT2D eigenvalue weighted by atomic mass is 15.1. The van der Waals surface area contributed by atoms with Gasteiger partial charge >= 0.3 is 0 Å². The smallest absolute Gasteiger partial charge is 0.145 e. The molecule has 2 heterocycles. The quantitative estimate of drug-likeness (QED) is 0.682. The summed E-state index contributed by atoms with van der Waals surface area (Å²) < 4.78 is 2.00. The van der Waals surface area contributed by atoms with Crippen molar-refractivity contribution in [2.75, 3.05) is 0 Å². The monoisotopic (exact) mass is 235 g/mol. The molecular formula is C15H13N3. The standard InChI is InChI=1S/C15H13N3/c1-12-7-8-16-14(11-12)18-10-9-17-15(18)13-5-3-2-4-6-13/h2-11H,1H3. The second kappa shape index (κ2) is 4.45. The van der Waals surface area contributed by atoms with Gasteiger partial charge in [-0.05, 0) is 24.6 Å². The Labute approximate surface area is 106 Å². The van der Waals surface area contributed by atoms with Crippen LogP contribution in [-0.2, 0) is 0 Å². The number of imidazole rings is 1. The maximum absolute atomic E-state index is 4.42. The highest BCUT2D eigenvalue weighted by Crippen LogP contribution is 2.20. The third-order valence-corrected chi connectivity index (χ3v) is 2.82. The van der Waals surface area contributed by atoms with Gasteiger partial charge in [0.1, 0.15) is 11.6 Å². The predicted molar refractivity (Wildman–Crippen MR) is 71.5 cm³/mol. The number of nitrogens with zero attached hydrogens (tertiary/aromatic N) is 3. The van der Waals surface area contributed by atoms with Gasteiger partial charge in [0.15, 0.2) is 0 Å². The van der Waals surface area contributed by atoms with Gasteiger partial charge in [-0.25, -0.2) is 9.97 Å². The van der Waals surface area contributed by atoms with Crippen molar-refractivity contribution in [3.63, 3.8) is 0 Å². The Morgan fingerprint density at radius 3 is 2.56 bits per heavy atom. The van der Waals surface area contributed by atoms with Gasteiger partial charge in [0.25, 0.3) is 0 Å². The Hall–Kier alpha value is -2.42. The molecule has 3 rings (SSSR count). The van der Waals surface area contributed by atoms with E-state index in [0.717, 1.165) is 17.2 Å². The van der Waals surface area contributed by atoms with E-state index < -0.39 is 0 Å². The van der Waals surface area contributed by atoms with Gasteiger partial charge in [-0.3, -0.25) is 4.57 Å². The maximum Gasteiger partial charge on any atom is 0.145 e. The summed E-state index contributed by atoms with van der Waals surface area (Å²) in [6, 6.07) is 14.2. The zero-order chi connectivity index (χ0) is 12.4. The first-order chi connectivity index (χ1) is 8.84. The van der Waals surface area contributed by atoms with Crippen molar-refractivity contribution in [3.05, 3.63) is 66.6 Å². The van der Waals surface area contributed by atoms with Crippen molar-refractivity contribution in [1.82, 2.24) is 14.5 Å². The number of hydrogen-bond donors (Lipinski definition) is 0. The molecule has 0 aliphatic rings. The summed E-state index contributed by atoms with van der Waals surface area (Å²) in [5.74, 6) is 1.81. The van der Waals surface area contributed by atoms with Gasteiger partial charge < -0.3 is 0 Å². The zero-order valence-corrected chi connectivity index (χ0v) is 10.1. The second-order valence-corrected chi connectivity index (χ2v) is 4.18. The van der Waals surface area contributed by atoms with Crippen LogP contribution in [0.2, 0.25) is 0 Å². The third kappa shape index (κ3) is 1.91. The van der Waals surface area contributed by atoms with Crippen molar-refractivity contribution in [1.29, 1.82) is 0 Å². The normalized spacial score (nSPS) is 10.5. The lowest BCUT2D eigenvalue weighted by molar-refractivity contribution is 0.997. The van der Waals surface area contributed by atoms with Crippen LogP contribution in [0.5, 0.6) is 0 Å². The minimum atomic E-state index is 0.895. The van der Waals surface area contributed by atoms with Crippen LogP contribution in [0, 0.1) is 6.92 Å². The van der Waals surface area contributed by atoms with Crippen LogP contribution in [0.1, 0.15) is 5.56 Å². The molecule has 0 radical (unpaired) electrons.